The Morgan fingerprint density at radius 3 is 2.29 bits per heavy atom. The standard InChI is InChI=1S/C16H19N3O2/c1-17-13-14(16(21)15(13)20)19-9-7-18(8-10-19)11-12-5-3-2-4-6-12/h2-6,17H,7-11H2,1H3. The Hall–Kier alpha value is -2.14. The van der Waals surface area contributed by atoms with Gasteiger partial charge in [-0.3, -0.25) is 14.5 Å². The van der Waals surface area contributed by atoms with Crippen molar-refractivity contribution in [1.82, 2.24) is 4.90 Å². The lowest BCUT2D eigenvalue weighted by Gasteiger charge is -2.36. The number of nitrogens with one attached hydrogen (secondary N) is 1. The first-order valence-electron chi connectivity index (χ1n) is 7.23. The fourth-order valence-corrected chi connectivity index (χ4v) is 2.88. The molecule has 0 unspecified atom stereocenters. The zero-order chi connectivity index (χ0) is 14.8. The first-order chi connectivity index (χ1) is 10.2. The van der Waals surface area contributed by atoms with E-state index in [-0.39, 0.29) is 10.9 Å². The van der Waals surface area contributed by atoms with E-state index in [0.717, 1.165) is 32.7 Å². The number of hydrogen-bond donors (Lipinski definition) is 1. The normalized spacial score (nSPS) is 16.3. The zero-order valence-electron chi connectivity index (χ0n) is 12.1. The SMILES string of the molecule is CNc1c(N2CCN(Cc3ccccc3)CC2)c(=O)c1=O. The third kappa shape index (κ3) is 2.56. The van der Waals surface area contributed by atoms with Crippen LogP contribution in [0.1, 0.15) is 5.56 Å². The van der Waals surface area contributed by atoms with Gasteiger partial charge in [-0.1, -0.05) is 30.3 Å². The van der Waals surface area contributed by atoms with E-state index in [2.05, 4.69) is 22.3 Å². The van der Waals surface area contributed by atoms with E-state index in [1.54, 1.807) is 7.05 Å². The van der Waals surface area contributed by atoms with E-state index in [9.17, 15) is 9.59 Å². The van der Waals surface area contributed by atoms with Crippen molar-refractivity contribution in [1.29, 1.82) is 0 Å². The lowest BCUT2D eigenvalue weighted by molar-refractivity contribution is 0.249. The van der Waals surface area contributed by atoms with Gasteiger partial charge in [-0.15, -0.1) is 0 Å². The molecular weight excluding hydrogens is 266 g/mol. The van der Waals surface area contributed by atoms with Crippen LogP contribution in [0.4, 0.5) is 11.4 Å². The van der Waals surface area contributed by atoms with Crippen LogP contribution >= 0.6 is 0 Å². The molecule has 5 heteroatoms. The Morgan fingerprint density at radius 2 is 1.67 bits per heavy atom. The van der Waals surface area contributed by atoms with Crippen LogP contribution in [0.2, 0.25) is 0 Å². The molecule has 0 bridgehead atoms. The van der Waals surface area contributed by atoms with Crippen molar-refractivity contribution in [3.05, 3.63) is 56.3 Å². The van der Waals surface area contributed by atoms with Crippen LogP contribution in [0.25, 0.3) is 0 Å². The summed E-state index contributed by atoms with van der Waals surface area (Å²) in [6.45, 7) is 4.30. The number of anilines is 2. The van der Waals surface area contributed by atoms with Crippen molar-refractivity contribution in [3.8, 4) is 0 Å². The second kappa shape index (κ2) is 5.69. The Balaban J connectivity index is 1.62. The van der Waals surface area contributed by atoms with Crippen LogP contribution < -0.4 is 21.1 Å². The number of benzene rings is 1. The van der Waals surface area contributed by atoms with Crippen molar-refractivity contribution in [2.45, 2.75) is 6.54 Å². The highest BCUT2D eigenvalue weighted by molar-refractivity contribution is 5.75. The Labute approximate surface area is 123 Å². The van der Waals surface area contributed by atoms with E-state index in [1.807, 2.05) is 23.1 Å². The van der Waals surface area contributed by atoms with E-state index in [4.69, 9.17) is 0 Å². The quantitative estimate of drug-likeness (QED) is 0.836. The van der Waals surface area contributed by atoms with E-state index in [1.165, 1.54) is 5.56 Å². The molecule has 3 rings (SSSR count). The van der Waals surface area contributed by atoms with Crippen LogP contribution in [0.3, 0.4) is 0 Å². The summed E-state index contributed by atoms with van der Waals surface area (Å²) in [5.74, 6) is 0. The summed E-state index contributed by atoms with van der Waals surface area (Å²) in [4.78, 5) is 27.5. The van der Waals surface area contributed by atoms with Crippen LogP contribution in [-0.4, -0.2) is 38.1 Å². The van der Waals surface area contributed by atoms with Gasteiger partial charge in [-0.25, -0.2) is 0 Å². The minimum atomic E-state index is -0.390. The maximum atomic E-state index is 11.7. The fraction of sp³-hybridized carbons (Fsp3) is 0.375. The van der Waals surface area contributed by atoms with Crippen molar-refractivity contribution in [3.63, 3.8) is 0 Å². The minimum Gasteiger partial charge on any atom is -0.383 e. The average Bonchev–Trinajstić information content (AvgIpc) is 2.53. The van der Waals surface area contributed by atoms with Gasteiger partial charge in [0.25, 0.3) is 10.9 Å². The number of nitrogens with zero attached hydrogens (tertiary/aromatic N) is 2. The molecule has 0 atom stereocenters. The largest absolute Gasteiger partial charge is 0.383 e. The van der Waals surface area contributed by atoms with Crippen molar-refractivity contribution in [2.75, 3.05) is 43.4 Å². The molecule has 1 heterocycles. The van der Waals surface area contributed by atoms with Crippen molar-refractivity contribution < 1.29 is 0 Å². The molecular formula is C16H19N3O2. The first-order valence-corrected chi connectivity index (χ1v) is 7.23. The summed E-state index contributed by atoms with van der Waals surface area (Å²) < 4.78 is 0. The second-order valence-electron chi connectivity index (χ2n) is 5.38. The van der Waals surface area contributed by atoms with E-state index >= 15 is 0 Å². The van der Waals surface area contributed by atoms with Gasteiger partial charge in [0.15, 0.2) is 0 Å². The number of hydrogen-bond acceptors (Lipinski definition) is 5. The highest BCUT2D eigenvalue weighted by atomic mass is 16.2. The summed E-state index contributed by atoms with van der Waals surface area (Å²) in [6.07, 6.45) is 0. The molecule has 0 radical (unpaired) electrons. The number of piperazine rings is 1. The molecule has 1 saturated heterocycles. The molecule has 2 aromatic rings. The summed E-state index contributed by atoms with van der Waals surface area (Å²) in [5.41, 5.74) is 1.60. The molecule has 0 spiro atoms. The van der Waals surface area contributed by atoms with Gasteiger partial charge in [-0.05, 0) is 5.56 Å². The lowest BCUT2D eigenvalue weighted by Crippen LogP contribution is -2.51. The van der Waals surface area contributed by atoms with Gasteiger partial charge >= 0.3 is 0 Å². The third-order valence-electron chi connectivity index (χ3n) is 4.07. The van der Waals surface area contributed by atoms with Gasteiger partial charge in [0.2, 0.25) is 0 Å². The predicted octanol–water partition coefficient (Wildman–Crippen LogP) is 0.647. The van der Waals surface area contributed by atoms with Crippen molar-refractivity contribution >= 4 is 11.4 Å². The highest BCUT2D eigenvalue weighted by Crippen LogP contribution is 2.21. The van der Waals surface area contributed by atoms with Crippen molar-refractivity contribution in [2.24, 2.45) is 0 Å². The number of rotatable bonds is 4. The fourth-order valence-electron chi connectivity index (χ4n) is 2.88. The zero-order valence-corrected chi connectivity index (χ0v) is 12.1. The molecule has 110 valence electrons. The molecule has 2 aromatic carbocycles. The molecule has 1 N–H and O–H groups in total. The molecule has 21 heavy (non-hydrogen) atoms. The second-order valence-corrected chi connectivity index (χ2v) is 5.38. The van der Waals surface area contributed by atoms with E-state index in [0.29, 0.717) is 11.4 Å². The molecule has 0 aliphatic carbocycles. The molecule has 0 aromatic heterocycles. The highest BCUT2D eigenvalue weighted by Gasteiger charge is 2.27. The van der Waals surface area contributed by atoms with Gasteiger partial charge < -0.3 is 10.2 Å². The maximum Gasteiger partial charge on any atom is 0.253 e. The summed E-state index contributed by atoms with van der Waals surface area (Å²) in [6, 6.07) is 10.4. The summed E-state index contributed by atoms with van der Waals surface area (Å²) in [7, 11) is 1.69. The van der Waals surface area contributed by atoms with Crippen LogP contribution in [0.5, 0.6) is 0 Å². The molecule has 5 nitrogen and oxygen atoms in total. The van der Waals surface area contributed by atoms with Crippen LogP contribution in [0.15, 0.2) is 39.9 Å². The Bertz CT molecular complexity index is 681. The Kier molecular flexibility index (Phi) is 3.75. The molecule has 0 saturated carbocycles. The van der Waals surface area contributed by atoms with Gasteiger partial charge in [-0.2, -0.15) is 0 Å². The molecule has 1 fully saturated rings. The molecule has 1 aliphatic heterocycles. The summed E-state index contributed by atoms with van der Waals surface area (Å²) in [5, 5.41) is 2.83. The third-order valence-corrected chi connectivity index (χ3v) is 4.07. The topological polar surface area (TPSA) is 52.6 Å². The van der Waals surface area contributed by atoms with Crippen LogP contribution in [0, 0.1) is 0 Å². The monoisotopic (exact) mass is 285 g/mol. The van der Waals surface area contributed by atoms with Gasteiger partial charge in [0.05, 0.1) is 0 Å². The minimum absolute atomic E-state index is 0.351. The smallest absolute Gasteiger partial charge is 0.253 e. The van der Waals surface area contributed by atoms with Gasteiger partial charge in [0, 0.05) is 39.8 Å². The van der Waals surface area contributed by atoms with E-state index < -0.39 is 0 Å². The lowest BCUT2D eigenvalue weighted by atomic mass is 10.1. The maximum absolute atomic E-state index is 11.7. The molecule has 0 amide bonds. The molecule has 1 aliphatic rings. The summed E-state index contributed by atoms with van der Waals surface area (Å²) >= 11 is 0. The Morgan fingerprint density at radius 1 is 1.00 bits per heavy atom. The average molecular weight is 285 g/mol. The first kappa shape index (κ1) is 13.8. The van der Waals surface area contributed by atoms with Gasteiger partial charge in [0.1, 0.15) is 11.4 Å². The predicted molar refractivity (Wildman–Crippen MR) is 84.8 cm³/mol. The van der Waals surface area contributed by atoms with Crippen LogP contribution in [-0.2, 0) is 6.54 Å².